The number of rotatable bonds is 4. The van der Waals surface area contributed by atoms with Gasteiger partial charge < -0.3 is 10.6 Å². The zero-order chi connectivity index (χ0) is 17.4. The molecule has 1 aliphatic carbocycles. The molecule has 2 aliphatic rings. The number of hydrogen-bond acceptors (Lipinski definition) is 6. The number of amides is 1. The van der Waals surface area contributed by atoms with Crippen molar-refractivity contribution in [2.75, 3.05) is 13.1 Å². The number of aromatic nitrogens is 4. The van der Waals surface area contributed by atoms with E-state index in [4.69, 9.17) is 0 Å². The third kappa shape index (κ3) is 2.97. The van der Waals surface area contributed by atoms with Crippen molar-refractivity contribution in [2.24, 2.45) is 0 Å². The largest absolute Gasteiger partial charge is 0.339 e. The molecule has 0 spiro atoms. The SMILES string of the molecule is Cc1csc(C2(NC(=O)c3nnn(C4CCNCC4)c3C)CCC2)n1. The van der Waals surface area contributed by atoms with Gasteiger partial charge in [-0.3, -0.25) is 4.79 Å². The molecule has 1 aliphatic heterocycles. The molecule has 2 aromatic rings. The molecule has 2 fully saturated rings. The first-order chi connectivity index (χ1) is 12.1. The smallest absolute Gasteiger partial charge is 0.274 e. The van der Waals surface area contributed by atoms with Crippen molar-refractivity contribution in [1.82, 2.24) is 30.6 Å². The average Bonchev–Trinajstić information content (AvgIpc) is 3.18. The number of nitrogens with zero attached hydrogens (tertiary/aromatic N) is 4. The molecule has 8 heteroatoms. The molecule has 3 heterocycles. The molecule has 4 rings (SSSR count). The maximum absolute atomic E-state index is 12.9. The summed E-state index contributed by atoms with van der Waals surface area (Å²) in [7, 11) is 0. The lowest BCUT2D eigenvalue weighted by atomic mass is 9.77. The second-order valence-electron chi connectivity index (χ2n) is 7.13. The Labute approximate surface area is 151 Å². The molecule has 0 atom stereocenters. The Morgan fingerprint density at radius 1 is 1.36 bits per heavy atom. The molecule has 2 aromatic heterocycles. The molecule has 1 saturated heterocycles. The van der Waals surface area contributed by atoms with Crippen LogP contribution >= 0.6 is 11.3 Å². The first-order valence-electron chi connectivity index (χ1n) is 8.97. The zero-order valence-corrected chi connectivity index (χ0v) is 15.5. The van der Waals surface area contributed by atoms with Gasteiger partial charge in [-0.2, -0.15) is 0 Å². The van der Waals surface area contributed by atoms with Crippen LogP contribution in [0.4, 0.5) is 0 Å². The third-order valence-electron chi connectivity index (χ3n) is 5.39. The van der Waals surface area contributed by atoms with Crippen LogP contribution in [0.1, 0.15) is 65.0 Å². The maximum atomic E-state index is 12.9. The molecule has 0 radical (unpaired) electrons. The number of aryl methyl sites for hydroxylation is 1. The Morgan fingerprint density at radius 3 is 2.72 bits per heavy atom. The standard InChI is InChI=1S/C17H24N6OS/c1-11-10-25-16(19-11)17(6-3-7-17)20-15(24)14-12(2)23(22-21-14)13-4-8-18-9-5-13/h10,13,18H,3-9H2,1-2H3,(H,20,24). The van der Waals surface area contributed by atoms with E-state index < -0.39 is 0 Å². The summed E-state index contributed by atoms with van der Waals surface area (Å²) in [5.74, 6) is -0.134. The molecule has 0 unspecified atom stereocenters. The van der Waals surface area contributed by atoms with Gasteiger partial charge in [0, 0.05) is 11.1 Å². The van der Waals surface area contributed by atoms with Gasteiger partial charge in [0.05, 0.1) is 17.3 Å². The molecule has 2 N–H and O–H groups in total. The van der Waals surface area contributed by atoms with Gasteiger partial charge in [0.1, 0.15) is 5.01 Å². The molecular formula is C17H24N6OS. The normalized spacial score (nSPS) is 20.2. The predicted octanol–water partition coefficient (Wildman–Crippen LogP) is 2.09. The summed E-state index contributed by atoms with van der Waals surface area (Å²) < 4.78 is 1.93. The minimum atomic E-state index is -0.318. The summed E-state index contributed by atoms with van der Waals surface area (Å²) in [6.07, 6.45) is 5.03. The maximum Gasteiger partial charge on any atom is 0.274 e. The highest BCUT2D eigenvalue weighted by Gasteiger charge is 2.43. The van der Waals surface area contributed by atoms with E-state index in [-0.39, 0.29) is 11.4 Å². The van der Waals surface area contributed by atoms with Crippen LogP contribution in [-0.2, 0) is 5.54 Å². The van der Waals surface area contributed by atoms with Gasteiger partial charge in [0.25, 0.3) is 5.91 Å². The summed E-state index contributed by atoms with van der Waals surface area (Å²) in [6, 6.07) is 0.328. The number of nitrogens with one attached hydrogen (secondary N) is 2. The Balaban J connectivity index is 1.54. The molecule has 0 aromatic carbocycles. The molecule has 0 bridgehead atoms. The molecule has 1 saturated carbocycles. The van der Waals surface area contributed by atoms with Gasteiger partial charge in [-0.1, -0.05) is 5.21 Å². The number of carbonyl (C=O) groups is 1. The van der Waals surface area contributed by atoms with Crippen molar-refractivity contribution < 1.29 is 4.79 Å². The first kappa shape index (κ1) is 16.7. The van der Waals surface area contributed by atoms with Gasteiger partial charge in [-0.15, -0.1) is 16.4 Å². The quantitative estimate of drug-likeness (QED) is 0.872. The summed E-state index contributed by atoms with van der Waals surface area (Å²) in [5, 5.41) is 18.1. The lowest BCUT2D eigenvalue weighted by molar-refractivity contribution is 0.0816. The molecule has 7 nitrogen and oxygen atoms in total. The van der Waals surface area contributed by atoms with Crippen LogP contribution < -0.4 is 10.6 Å². The monoisotopic (exact) mass is 360 g/mol. The zero-order valence-electron chi connectivity index (χ0n) is 14.7. The van der Waals surface area contributed by atoms with Gasteiger partial charge in [-0.05, 0) is 59.0 Å². The van der Waals surface area contributed by atoms with Crippen LogP contribution in [0.25, 0.3) is 0 Å². The Hall–Kier alpha value is -1.80. The molecular weight excluding hydrogens is 336 g/mol. The Bertz CT molecular complexity index is 772. The van der Waals surface area contributed by atoms with E-state index in [1.165, 1.54) is 0 Å². The lowest BCUT2D eigenvalue weighted by Crippen LogP contribution is -2.51. The average molecular weight is 360 g/mol. The highest BCUT2D eigenvalue weighted by molar-refractivity contribution is 7.09. The fourth-order valence-corrected chi connectivity index (χ4v) is 4.73. The summed E-state index contributed by atoms with van der Waals surface area (Å²) >= 11 is 1.63. The number of piperidine rings is 1. The highest BCUT2D eigenvalue weighted by Crippen LogP contribution is 2.42. The molecule has 1 amide bonds. The van der Waals surface area contributed by atoms with E-state index in [1.807, 2.05) is 23.9 Å². The van der Waals surface area contributed by atoms with E-state index in [9.17, 15) is 4.79 Å². The lowest BCUT2D eigenvalue weighted by Gasteiger charge is -2.40. The van der Waals surface area contributed by atoms with Crippen molar-refractivity contribution in [3.05, 3.63) is 27.5 Å². The predicted molar refractivity (Wildman–Crippen MR) is 95.7 cm³/mol. The van der Waals surface area contributed by atoms with Crippen molar-refractivity contribution in [3.8, 4) is 0 Å². The summed E-state index contributed by atoms with van der Waals surface area (Å²) in [5.41, 5.74) is 1.99. The number of thiazole rings is 1. The van der Waals surface area contributed by atoms with Crippen molar-refractivity contribution in [1.29, 1.82) is 0 Å². The van der Waals surface area contributed by atoms with Crippen LogP contribution in [0.2, 0.25) is 0 Å². The minimum Gasteiger partial charge on any atom is -0.339 e. The molecule has 25 heavy (non-hydrogen) atoms. The number of hydrogen-bond donors (Lipinski definition) is 2. The van der Waals surface area contributed by atoms with Crippen molar-refractivity contribution in [2.45, 2.75) is 57.5 Å². The highest BCUT2D eigenvalue weighted by atomic mass is 32.1. The van der Waals surface area contributed by atoms with E-state index >= 15 is 0 Å². The van der Waals surface area contributed by atoms with Gasteiger partial charge in [0.15, 0.2) is 5.69 Å². The second kappa shape index (κ2) is 6.49. The fourth-order valence-electron chi connectivity index (χ4n) is 3.72. The third-order valence-corrected chi connectivity index (χ3v) is 6.55. The van der Waals surface area contributed by atoms with Crippen LogP contribution in [0.15, 0.2) is 5.38 Å². The van der Waals surface area contributed by atoms with E-state index in [1.54, 1.807) is 11.3 Å². The van der Waals surface area contributed by atoms with E-state index in [0.29, 0.717) is 11.7 Å². The second-order valence-corrected chi connectivity index (χ2v) is 7.99. The van der Waals surface area contributed by atoms with Crippen LogP contribution in [0, 0.1) is 13.8 Å². The summed E-state index contributed by atoms with van der Waals surface area (Å²) in [4.78, 5) is 17.5. The van der Waals surface area contributed by atoms with Crippen molar-refractivity contribution >= 4 is 17.2 Å². The van der Waals surface area contributed by atoms with Gasteiger partial charge >= 0.3 is 0 Å². The van der Waals surface area contributed by atoms with Gasteiger partial charge in [-0.25, -0.2) is 9.67 Å². The molecule has 134 valence electrons. The Kier molecular flexibility index (Phi) is 4.33. The van der Waals surface area contributed by atoms with Crippen LogP contribution in [-0.4, -0.2) is 39.0 Å². The van der Waals surface area contributed by atoms with Crippen molar-refractivity contribution in [3.63, 3.8) is 0 Å². The minimum absolute atomic E-state index is 0.134. The first-order valence-corrected chi connectivity index (χ1v) is 9.85. The van der Waals surface area contributed by atoms with Crippen LogP contribution in [0.5, 0.6) is 0 Å². The van der Waals surface area contributed by atoms with Gasteiger partial charge in [0.2, 0.25) is 0 Å². The van der Waals surface area contributed by atoms with Crippen LogP contribution in [0.3, 0.4) is 0 Å². The fraction of sp³-hybridized carbons (Fsp3) is 0.647. The summed E-state index contributed by atoms with van der Waals surface area (Å²) in [6.45, 7) is 5.90. The Morgan fingerprint density at radius 2 is 2.12 bits per heavy atom. The number of carbonyl (C=O) groups excluding carboxylic acids is 1. The van der Waals surface area contributed by atoms with E-state index in [2.05, 4.69) is 25.9 Å². The van der Waals surface area contributed by atoms with E-state index in [0.717, 1.165) is 61.6 Å². The topological polar surface area (TPSA) is 84.7 Å².